The summed E-state index contributed by atoms with van der Waals surface area (Å²) in [6, 6.07) is 16.7. The Morgan fingerprint density at radius 3 is 2.65 bits per heavy atom. The summed E-state index contributed by atoms with van der Waals surface area (Å²) in [7, 11) is 0. The molecule has 1 heterocycles. The molecule has 0 fully saturated rings. The number of hydrogen-bond donors (Lipinski definition) is 0. The Morgan fingerprint density at radius 2 is 1.80 bits per heavy atom. The molecule has 0 saturated carbocycles. The van der Waals surface area contributed by atoms with Gasteiger partial charge in [0.1, 0.15) is 0 Å². The Labute approximate surface area is 119 Å². The Balaban J connectivity index is 1.65. The molecule has 2 nitrogen and oxygen atoms in total. The smallest absolute Gasteiger partial charge is 0.231 e. The number of hydrogen-bond acceptors (Lipinski definition) is 2. The van der Waals surface area contributed by atoms with Crippen molar-refractivity contribution in [1.29, 1.82) is 0 Å². The number of rotatable bonds is 4. The summed E-state index contributed by atoms with van der Waals surface area (Å²) in [5.41, 5.74) is 3.97. The van der Waals surface area contributed by atoms with Crippen LogP contribution in [0.2, 0.25) is 0 Å². The summed E-state index contributed by atoms with van der Waals surface area (Å²) < 4.78 is 10.7. The monoisotopic (exact) mass is 266 g/mol. The van der Waals surface area contributed by atoms with Crippen LogP contribution < -0.4 is 9.47 Å². The van der Waals surface area contributed by atoms with E-state index in [1.54, 1.807) is 0 Å². The van der Waals surface area contributed by atoms with Crippen molar-refractivity contribution in [2.45, 2.75) is 19.8 Å². The highest BCUT2D eigenvalue weighted by molar-refractivity contribution is 5.45. The second-order valence-electron chi connectivity index (χ2n) is 5.10. The third-order valence-electron chi connectivity index (χ3n) is 3.45. The highest BCUT2D eigenvalue weighted by Crippen LogP contribution is 2.33. The third-order valence-corrected chi connectivity index (χ3v) is 3.45. The van der Waals surface area contributed by atoms with Gasteiger partial charge in [-0.25, -0.2) is 0 Å². The summed E-state index contributed by atoms with van der Waals surface area (Å²) in [5, 5.41) is 0. The van der Waals surface area contributed by atoms with Gasteiger partial charge in [0.05, 0.1) is 0 Å². The van der Waals surface area contributed by atoms with Crippen molar-refractivity contribution in [3.8, 4) is 11.5 Å². The molecule has 2 heteroatoms. The van der Waals surface area contributed by atoms with E-state index < -0.39 is 0 Å². The maximum atomic E-state index is 5.41. The zero-order valence-corrected chi connectivity index (χ0v) is 11.6. The molecule has 0 saturated heterocycles. The molecule has 2 aromatic carbocycles. The van der Waals surface area contributed by atoms with Gasteiger partial charge < -0.3 is 9.47 Å². The van der Waals surface area contributed by atoms with E-state index in [0.29, 0.717) is 6.79 Å². The standard InChI is InChI=1S/C18H18O2/c1-14(7-8-15-5-3-2-4-6-15)11-16-9-10-17-18(12-16)20-13-19-17/h2-7,9-10,12H,8,11,13H2,1H3. The van der Waals surface area contributed by atoms with Gasteiger partial charge in [0.25, 0.3) is 0 Å². The summed E-state index contributed by atoms with van der Waals surface area (Å²) in [6.45, 7) is 2.51. The van der Waals surface area contributed by atoms with Gasteiger partial charge in [-0.2, -0.15) is 0 Å². The van der Waals surface area contributed by atoms with Crippen LogP contribution in [0.3, 0.4) is 0 Å². The van der Waals surface area contributed by atoms with Crippen molar-refractivity contribution < 1.29 is 9.47 Å². The van der Waals surface area contributed by atoms with E-state index in [0.717, 1.165) is 24.3 Å². The quantitative estimate of drug-likeness (QED) is 0.774. The Morgan fingerprint density at radius 1 is 1.00 bits per heavy atom. The van der Waals surface area contributed by atoms with Crippen molar-refractivity contribution >= 4 is 0 Å². The maximum absolute atomic E-state index is 5.41. The van der Waals surface area contributed by atoms with Crippen LogP contribution in [0.15, 0.2) is 60.2 Å². The summed E-state index contributed by atoms with van der Waals surface area (Å²) in [4.78, 5) is 0. The predicted octanol–water partition coefficient (Wildman–Crippen LogP) is 4.15. The second kappa shape index (κ2) is 5.83. The SMILES string of the molecule is CC(=CCc1ccccc1)Cc1ccc2c(c1)OCO2. The predicted molar refractivity (Wildman–Crippen MR) is 80.2 cm³/mol. The van der Waals surface area contributed by atoms with E-state index in [9.17, 15) is 0 Å². The van der Waals surface area contributed by atoms with Gasteiger partial charge in [-0.3, -0.25) is 0 Å². The molecule has 0 atom stereocenters. The Kier molecular flexibility index (Phi) is 3.73. The zero-order valence-electron chi connectivity index (χ0n) is 11.6. The molecule has 20 heavy (non-hydrogen) atoms. The van der Waals surface area contributed by atoms with E-state index in [1.807, 2.05) is 12.1 Å². The zero-order chi connectivity index (χ0) is 13.8. The molecule has 0 radical (unpaired) electrons. The molecule has 0 aliphatic carbocycles. The lowest BCUT2D eigenvalue weighted by atomic mass is 10.0. The van der Waals surface area contributed by atoms with E-state index in [2.05, 4.69) is 49.4 Å². The topological polar surface area (TPSA) is 18.5 Å². The summed E-state index contributed by atoms with van der Waals surface area (Å²) in [6.07, 6.45) is 4.22. The Hall–Kier alpha value is -2.22. The van der Waals surface area contributed by atoms with E-state index in [4.69, 9.17) is 9.47 Å². The van der Waals surface area contributed by atoms with Gasteiger partial charge in [0.15, 0.2) is 11.5 Å². The fourth-order valence-corrected chi connectivity index (χ4v) is 2.35. The second-order valence-corrected chi connectivity index (χ2v) is 5.10. The molecule has 0 bridgehead atoms. The highest BCUT2D eigenvalue weighted by Gasteiger charge is 2.12. The minimum absolute atomic E-state index is 0.335. The molecule has 0 N–H and O–H groups in total. The van der Waals surface area contributed by atoms with E-state index in [1.165, 1.54) is 16.7 Å². The van der Waals surface area contributed by atoms with Crippen molar-refractivity contribution in [2.75, 3.05) is 6.79 Å². The maximum Gasteiger partial charge on any atom is 0.231 e. The van der Waals surface area contributed by atoms with Crippen LogP contribution in [0.25, 0.3) is 0 Å². The van der Waals surface area contributed by atoms with Gasteiger partial charge in [-0.15, -0.1) is 0 Å². The van der Waals surface area contributed by atoms with Crippen molar-refractivity contribution in [3.05, 3.63) is 71.3 Å². The molecule has 0 aromatic heterocycles. The fraction of sp³-hybridized carbons (Fsp3) is 0.222. The number of benzene rings is 2. The van der Waals surface area contributed by atoms with Gasteiger partial charge in [-0.05, 0) is 43.0 Å². The molecule has 0 spiro atoms. The van der Waals surface area contributed by atoms with Crippen LogP contribution in [0.1, 0.15) is 18.1 Å². The van der Waals surface area contributed by atoms with E-state index in [-0.39, 0.29) is 0 Å². The van der Waals surface area contributed by atoms with Gasteiger partial charge in [-0.1, -0.05) is 48.0 Å². The van der Waals surface area contributed by atoms with Crippen LogP contribution in [0.5, 0.6) is 11.5 Å². The first-order valence-corrected chi connectivity index (χ1v) is 6.89. The summed E-state index contributed by atoms with van der Waals surface area (Å²) in [5.74, 6) is 1.71. The molecule has 1 aliphatic rings. The first kappa shape index (κ1) is 12.8. The van der Waals surface area contributed by atoms with Crippen LogP contribution in [0, 0.1) is 0 Å². The molecule has 102 valence electrons. The van der Waals surface area contributed by atoms with Gasteiger partial charge >= 0.3 is 0 Å². The molecule has 0 amide bonds. The first-order chi connectivity index (χ1) is 9.81. The lowest BCUT2D eigenvalue weighted by molar-refractivity contribution is 0.174. The molecule has 0 unspecified atom stereocenters. The normalized spacial score (nSPS) is 13.6. The van der Waals surface area contributed by atoms with Crippen molar-refractivity contribution in [3.63, 3.8) is 0 Å². The first-order valence-electron chi connectivity index (χ1n) is 6.89. The highest BCUT2D eigenvalue weighted by atomic mass is 16.7. The Bertz CT molecular complexity index is 615. The van der Waals surface area contributed by atoms with Gasteiger partial charge in [0, 0.05) is 0 Å². The van der Waals surface area contributed by atoms with Crippen LogP contribution in [0.4, 0.5) is 0 Å². The van der Waals surface area contributed by atoms with Crippen LogP contribution in [-0.4, -0.2) is 6.79 Å². The number of allylic oxidation sites excluding steroid dienone is 2. The number of fused-ring (bicyclic) bond motifs is 1. The molecular formula is C18H18O2. The van der Waals surface area contributed by atoms with Crippen LogP contribution >= 0.6 is 0 Å². The minimum Gasteiger partial charge on any atom is -0.454 e. The lowest BCUT2D eigenvalue weighted by Crippen LogP contribution is -1.93. The van der Waals surface area contributed by atoms with Crippen molar-refractivity contribution in [1.82, 2.24) is 0 Å². The van der Waals surface area contributed by atoms with E-state index >= 15 is 0 Å². The average molecular weight is 266 g/mol. The molecular weight excluding hydrogens is 248 g/mol. The largest absolute Gasteiger partial charge is 0.454 e. The van der Waals surface area contributed by atoms with Crippen molar-refractivity contribution in [2.24, 2.45) is 0 Å². The fourth-order valence-electron chi connectivity index (χ4n) is 2.35. The number of ether oxygens (including phenoxy) is 2. The summed E-state index contributed by atoms with van der Waals surface area (Å²) >= 11 is 0. The lowest BCUT2D eigenvalue weighted by Gasteiger charge is -2.04. The minimum atomic E-state index is 0.335. The molecule has 1 aliphatic heterocycles. The van der Waals surface area contributed by atoms with Crippen LogP contribution in [-0.2, 0) is 12.8 Å². The molecule has 2 aromatic rings. The third kappa shape index (κ3) is 3.02. The van der Waals surface area contributed by atoms with Gasteiger partial charge in [0.2, 0.25) is 6.79 Å². The average Bonchev–Trinajstić information content (AvgIpc) is 2.94. The molecule has 3 rings (SSSR count).